The van der Waals surface area contributed by atoms with Crippen molar-refractivity contribution in [2.75, 3.05) is 13.2 Å². The van der Waals surface area contributed by atoms with Crippen molar-refractivity contribution in [3.63, 3.8) is 0 Å². The number of carbonyl (C=O) groups excluding carboxylic acids is 1. The number of carbonyl (C=O) groups is 1. The van der Waals surface area contributed by atoms with Gasteiger partial charge in [0.2, 0.25) is 5.91 Å². The summed E-state index contributed by atoms with van der Waals surface area (Å²) >= 11 is 25.4. The highest BCUT2D eigenvalue weighted by Gasteiger charge is 2.30. The van der Waals surface area contributed by atoms with Crippen LogP contribution < -0.4 is 5.32 Å². The van der Waals surface area contributed by atoms with E-state index in [4.69, 9.17) is 51.1 Å². The Labute approximate surface area is 231 Å². The molecule has 1 heterocycles. The van der Waals surface area contributed by atoms with Gasteiger partial charge in [0.25, 0.3) is 0 Å². The lowest BCUT2D eigenvalue weighted by molar-refractivity contribution is -0.122. The fourth-order valence-electron chi connectivity index (χ4n) is 3.76. The van der Waals surface area contributed by atoms with Gasteiger partial charge in [-0.2, -0.15) is 0 Å². The molecule has 9 heteroatoms. The van der Waals surface area contributed by atoms with Crippen LogP contribution in [-0.2, 0) is 22.7 Å². The molecule has 36 heavy (non-hydrogen) atoms. The second-order valence-electron chi connectivity index (χ2n) is 8.35. The fraction of sp³-hybridized carbons (Fsp3) is 0.222. The molecule has 0 aliphatic carbocycles. The Hall–Kier alpha value is -2.41. The number of hydrogen-bond acceptors (Lipinski definition) is 4. The van der Waals surface area contributed by atoms with Crippen LogP contribution in [0.1, 0.15) is 22.8 Å². The molecule has 3 aromatic carbocycles. The molecule has 1 N–H and O–H groups in total. The number of rotatable bonds is 10. The van der Waals surface area contributed by atoms with Crippen LogP contribution in [0.3, 0.4) is 0 Å². The minimum Gasteiger partial charge on any atom is -0.365 e. The fourth-order valence-corrected chi connectivity index (χ4v) is 4.70. The molecule has 0 spiro atoms. The molecule has 188 valence electrons. The van der Waals surface area contributed by atoms with E-state index < -0.39 is 11.6 Å². The topological polar surface area (TPSA) is 44.8 Å². The molecule has 3 aromatic rings. The Morgan fingerprint density at radius 3 is 2.39 bits per heavy atom. The summed E-state index contributed by atoms with van der Waals surface area (Å²) in [5.41, 5.74) is 2.18. The molecular formula is C27H25Cl4N3O2. The summed E-state index contributed by atoms with van der Waals surface area (Å²) < 4.78 is 6.28. The van der Waals surface area contributed by atoms with Gasteiger partial charge in [0.15, 0.2) is 0 Å². The van der Waals surface area contributed by atoms with Crippen LogP contribution in [0.5, 0.6) is 0 Å². The maximum atomic E-state index is 12.5. The summed E-state index contributed by atoms with van der Waals surface area (Å²) in [6.07, 6.45) is 3.23. The minimum absolute atomic E-state index is 0.0700. The number of halogens is 4. The molecule has 0 bridgehead atoms. The van der Waals surface area contributed by atoms with Gasteiger partial charge in [-0.15, -0.1) is 0 Å². The first-order chi connectivity index (χ1) is 17.4. The van der Waals surface area contributed by atoms with Crippen molar-refractivity contribution >= 4 is 52.3 Å². The molecule has 0 saturated carbocycles. The Balaban J connectivity index is 1.38. The SMILES string of the molecule is O=C(CN1C=CN(C(Cl)C(OCc2ccc(Cl)cc2Cl)c2ccc(Cl)cc2)C1)NCc1ccccc1. The Morgan fingerprint density at radius 1 is 0.944 bits per heavy atom. The Bertz CT molecular complexity index is 1190. The van der Waals surface area contributed by atoms with E-state index in [1.165, 1.54) is 0 Å². The normalized spacial score (nSPS) is 14.7. The molecule has 2 unspecified atom stereocenters. The van der Waals surface area contributed by atoms with Crippen molar-refractivity contribution in [3.8, 4) is 0 Å². The highest BCUT2D eigenvalue weighted by atomic mass is 35.5. The molecular weight excluding hydrogens is 540 g/mol. The van der Waals surface area contributed by atoms with Crippen LogP contribution in [0.2, 0.25) is 15.1 Å². The summed E-state index contributed by atoms with van der Waals surface area (Å²) in [4.78, 5) is 16.3. The Kier molecular flexibility index (Phi) is 9.41. The third kappa shape index (κ3) is 7.31. The van der Waals surface area contributed by atoms with Gasteiger partial charge in [-0.05, 0) is 41.0 Å². The van der Waals surface area contributed by atoms with Gasteiger partial charge in [0.05, 0.1) is 19.8 Å². The number of amides is 1. The van der Waals surface area contributed by atoms with Gasteiger partial charge in [-0.3, -0.25) is 4.79 Å². The number of hydrogen-bond donors (Lipinski definition) is 1. The van der Waals surface area contributed by atoms with Gasteiger partial charge in [-0.1, -0.05) is 94.9 Å². The molecule has 1 amide bonds. The van der Waals surface area contributed by atoms with Crippen molar-refractivity contribution in [2.45, 2.75) is 24.8 Å². The van der Waals surface area contributed by atoms with Crippen LogP contribution in [0, 0.1) is 0 Å². The molecule has 0 aromatic heterocycles. The zero-order valence-corrected chi connectivity index (χ0v) is 22.3. The average molecular weight is 565 g/mol. The number of ether oxygens (including phenoxy) is 1. The smallest absolute Gasteiger partial charge is 0.239 e. The highest BCUT2D eigenvalue weighted by Crippen LogP contribution is 2.32. The summed E-state index contributed by atoms with van der Waals surface area (Å²) in [5.74, 6) is -0.0700. The zero-order chi connectivity index (χ0) is 25.5. The van der Waals surface area contributed by atoms with Crippen molar-refractivity contribution < 1.29 is 9.53 Å². The van der Waals surface area contributed by atoms with Gasteiger partial charge in [0.1, 0.15) is 11.6 Å². The first-order valence-corrected chi connectivity index (χ1v) is 12.9. The third-order valence-corrected chi connectivity index (χ3v) is 7.01. The molecule has 5 nitrogen and oxygen atoms in total. The van der Waals surface area contributed by atoms with Crippen LogP contribution in [0.4, 0.5) is 0 Å². The standard InChI is InChI=1S/C27H25Cl4N3O2/c28-22-9-6-20(7-10-22)26(36-17-21-8-11-23(29)14-24(21)30)27(31)34-13-12-33(18-34)16-25(35)32-15-19-4-2-1-3-5-19/h1-14,26-27H,15-18H2,(H,32,35). The van der Waals surface area contributed by atoms with Crippen LogP contribution in [0.15, 0.2) is 85.2 Å². The molecule has 4 rings (SSSR count). The number of benzene rings is 3. The first kappa shape index (κ1) is 26.6. The molecule has 1 aliphatic heterocycles. The lowest BCUT2D eigenvalue weighted by Gasteiger charge is -2.31. The first-order valence-electron chi connectivity index (χ1n) is 11.3. The van der Waals surface area contributed by atoms with E-state index in [0.717, 1.165) is 16.7 Å². The van der Waals surface area contributed by atoms with Gasteiger partial charge in [-0.25, -0.2) is 0 Å². The number of nitrogens with one attached hydrogen (secondary N) is 1. The van der Waals surface area contributed by atoms with E-state index in [2.05, 4.69) is 5.32 Å². The summed E-state index contributed by atoms with van der Waals surface area (Å²) in [5, 5.41) is 4.65. The predicted molar refractivity (Wildman–Crippen MR) is 146 cm³/mol. The van der Waals surface area contributed by atoms with Crippen LogP contribution >= 0.6 is 46.4 Å². The molecule has 1 aliphatic rings. The molecule has 2 atom stereocenters. The minimum atomic E-state index is -0.550. The maximum absolute atomic E-state index is 12.5. The van der Waals surface area contributed by atoms with Gasteiger partial charge >= 0.3 is 0 Å². The monoisotopic (exact) mass is 563 g/mol. The lowest BCUT2D eigenvalue weighted by atomic mass is 10.1. The maximum Gasteiger partial charge on any atom is 0.239 e. The largest absolute Gasteiger partial charge is 0.365 e. The van der Waals surface area contributed by atoms with E-state index >= 15 is 0 Å². The van der Waals surface area contributed by atoms with E-state index in [1.54, 1.807) is 24.3 Å². The van der Waals surface area contributed by atoms with E-state index in [9.17, 15) is 4.79 Å². The second kappa shape index (κ2) is 12.7. The van der Waals surface area contributed by atoms with Gasteiger partial charge in [0, 0.05) is 34.0 Å². The van der Waals surface area contributed by atoms with Crippen LogP contribution in [0.25, 0.3) is 0 Å². The van der Waals surface area contributed by atoms with E-state index in [-0.39, 0.29) is 19.1 Å². The number of alkyl halides is 1. The molecule has 0 saturated heterocycles. The van der Waals surface area contributed by atoms with Crippen molar-refractivity contribution in [2.24, 2.45) is 0 Å². The third-order valence-electron chi connectivity index (χ3n) is 5.69. The van der Waals surface area contributed by atoms with Crippen molar-refractivity contribution in [1.29, 1.82) is 0 Å². The van der Waals surface area contributed by atoms with Gasteiger partial charge < -0.3 is 19.9 Å². The molecule has 0 fully saturated rings. The Morgan fingerprint density at radius 2 is 1.67 bits per heavy atom. The van der Waals surface area contributed by atoms with E-state index in [1.807, 2.05) is 70.7 Å². The highest BCUT2D eigenvalue weighted by molar-refractivity contribution is 6.35. The summed E-state index contributed by atoms with van der Waals surface area (Å²) in [6.45, 7) is 1.40. The number of nitrogens with zero attached hydrogens (tertiary/aromatic N) is 2. The molecule has 0 radical (unpaired) electrons. The van der Waals surface area contributed by atoms with Crippen molar-refractivity contribution in [1.82, 2.24) is 15.1 Å². The second-order valence-corrected chi connectivity index (χ2v) is 10.1. The van der Waals surface area contributed by atoms with Crippen LogP contribution in [-0.4, -0.2) is 34.4 Å². The average Bonchev–Trinajstić information content (AvgIpc) is 3.34. The predicted octanol–water partition coefficient (Wildman–Crippen LogP) is 6.83. The lowest BCUT2D eigenvalue weighted by Crippen LogP contribution is -2.39. The van der Waals surface area contributed by atoms with E-state index in [0.29, 0.717) is 28.3 Å². The quantitative estimate of drug-likeness (QED) is 0.216. The van der Waals surface area contributed by atoms with Crippen molar-refractivity contribution in [3.05, 3.63) is 117 Å². The summed E-state index contributed by atoms with van der Waals surface area (Å²) in [6, 6.07) is 22.5. The zero-order valence-electron chi connectivity index (χ0n) is 19.3. The summed E-state index contributed by atoms with van der Waals surface area (Å²) in [7, 11) is 0.